The van der Waals surface area contributed by atoms with Crippen LogP contribution in [-0.2, 0) is 16.0 Å². The molecule has 3 rings (SSSR count). The van der Waals surface area contributed by atoms with Gasteiger partial charge in [-0.05, 0) is 36.9 Å². The summed E-state index contributed by atoms with van der Waals surface area (Å²) < 4.78 is 5.12. The summed E-state index contributed by atoms with van der Waals surface area (Å²) >= 11 is 0. The predicted molar refractivity (Wildman–Crippen MR) is 96.1 cm³/mol. The number of nitrogens with one attached hydrogen (secondary N) is 2. The molecule has 0 bridgehead atoms. The third-order valence-electron chi connectivity index (χ3n) is 4.87. The topological polar surface area (TPSA) is 57.4 Å². The number of methoxy groups -OCH3 is 1. The van der Waals surface area contributed by atoms with Gasteiger partial charge in [-0.2, -0.15) is 0 Å². The summed E-state index contributed by atoms with van der Waals surface area (Å²) in [6.45, 7) is 4.73. The quantitative estimate of drug-likeness (QED) is 0.780. The van der Waals surface area contributed by atoms with Crippen molar-refractivity contribution in [3.05, 3.63) is 36.0 Å². The van der Waals surface area contributed by atoms with E-state index in [-0.39, 0.29) is 5.91 Å². The zero-order valence-corrected chi connectivity index (χ0v) is 14.4. The van der Waals surface area contributed by atoms with Gasteiger partial charge in [0.1, 0.15) is 0 Å². The Labute approximate surface area is 143 Å². The van der Waals surface area contributed by atoms with Crippen LogP contribution in [0.4, 0.5) is 0 Å². The van der Waals surface area contributed by atoms with E-state index in [0.717, 1.165) is 51.1 Å². The molecule has 2 aromatic rings. The second-order valence-electron chi connectivity index (χ2n) is 6.61. The van der Waals surface area contributed by atoms with Crippen LogP contribution in [0.2, 0.25) is 0 Å². The Morgan fingerprint density at radius 2 is 2.29 bits per heavy atom. The first-order chi connectivity index (χ1) is 11.8. The second-order valence-corrected chi connectivity index (χ2v) is 6.61. The van der Waals surface area contributed by atoms with Gasteiger partial charge in [0, 0.05) is 50.3 Å². The van der Waals surface area contributed by atoms with E-state index in [9.17, 15) is 4.79 Å². The average molecular weight is 329 g/mol. The van der Waals surface area contributed by atoms with Gasteiger partial charge in [-0.25, -0.2) is 0 Å². The first-order valence-electron chi connectivity index (χ1n) is 8.79. The Bertz CT molecular complexity index is 667. The number of amides is 1. The largest absolute Gasteiger partial charge is 0.383 e. The minimum absolute atomic E-state index is 0.149. The van der Waals surface area contributed by atoms with E-state index in [4.69, 9.17) is 4.74 Å². The minimum atomic E-state index is 0.149. The fourth-order valence-electron chi connectivity index (χ4n) is 3.44. The minimum Gasteiger partial charge on any atom is -0.383 e. The van der Waals surface area contributed by atoms with Gasteiger partial charge < -0.3 is 19.9 Å². The van der Waals surface area contributed by atoms with Crippen molar-refractivity contribution in [2.24, 2.45) is 5.92 Å². The summed E-state index contributed by atoms with van der Waals surface area (Å²) in [6, 6.07) is 8.22. The number of carbonyl (C=O) groups excluding carboxylic acids is 1. The standard InChI is InChI=1S/C19H27N3O2/c1-24-11-10-22-9-8-15(14-22)12-21-19(23)7-6-16-13-20-18-5-3-2-4-17(16)18/h2-5,13,15,20H,6-12,14H2,1H3,(H,21,23)/t15-/m0/s1. The number of ether oxygens (including phenoxy) is 1. The molecule has 5 nitrogen and oxygen atoms in total. The summed E-state index contributed by atoms with van der Waals surface area (Å²) in [5.74, 6) is 0.717. The molecule has 1 atom stereocenters. The molecular formula is C19H27N3O2. The van der Waals surface area contributed by atoms with E-state index in [0.29, 0.717) is 12.3 Å². The van der Waals surface area contributed by atoms with Crippen molar-refractivity contribution in [2.75, 3.05) is 39.9 Å². The maximum Gasteiger partial charge on any atom is 0.220 e. The lowest BCUT2D eigenvalue weighted by molar-refractivity contribution is -0.121. The highest BCUT2D eigenvalue weighted by molar-refractivity contribution is 5.84. The summed E-state index contributed by atoms with van der Waals surface area (Å²) in [4.78, 5) is 17.8. The summed E-state index contributed by atoms with van der Waals surface area (Å²) in [7, 11) is 1.74. The number of nitrogens with zero attached hydrogens (tertiary/aromatic N) is 1. The molecule has 1 aliphatic rings. The zero-order chi connectivity index (χ0) is 16.8. The molecule has 1 saturated heterocycles. The van der Waals surface area contributed by atoms with Crippen LogP contribution < -0.4 is 5.32 Å². The van der Waals surface area contributed by atoms with Gasteiger partial charge in [-0.1, -0.05) is 18.2 Å². The number of hydrogen-bond donors (Lipinski definition) is 2. The first-order valence-corrected chi connectivity index (χ1v) is 8.79. The van der Waals surface area contributed by atoms with Crippen LogP contribution in [-0.4, -0.2) is 55.7 Å². The van der Waals surface area contributed by atoms with E-state index in [1.54, 1.807) is 7.11 Å². The van der Waals surface area contributed by atoms with Gasteiger partial charge in [0.05, 0.1) is 6.61 Å². The lowest BCUT2D eigenvalue weighted by Gasteiger charge is -2.15. The molecule has 0 aliphatic carbocycles. The molecule has 0 radical (unpaired) electrons. The van der Waals surface area contributed by atoms with Crippen molar-refractivity contribution in [3.63, 3.8) is 0 Å². The Morgan fingerprint density at radius 3 is 3.17 bits per heavy atom. The van der Waals surface area contributed by atoms with Crippen molar-refractivity contribution < 1.29 is 9.53 Å². The van der Waals surface area contributed by atoms with Gasteiger partial charge in [-0.3, -0.25) is 4.79 Å². The monoisotopic (exact) mass is 329 g/mol. The van der Waals surface area contributed by atoms with Crippen molar-refractivity contribution in [1.82, 2.24) is 15.2 Å². The number of hydrogen-bond acceptors (Lipinski definition) is 3. The molecule has 24 heavy (non-hydrogen) atoms. The van der Waals surface area contributed by atoms with Gasteiger partial charge in [0.25, 0.3) is 0 Å². The van der Waals surface area contributed by atoms with Crippen LogP contribution in [0.3, 0.4) is 0 Å². The summed E-state index contributed by atoms with van der Waals surface area (Å²) in [5, 5.41) is 4.32. The number of H-pyrrole nitrogens is 1. The number of benzene rings is 1. The Hall–Kier alpha value is -1.85. The molecule has 5 heteroatoms. The Kier molecular flexibility index (Phi) is 5.88. The van der Waals surface area contributed by atoms with E-state index in [1.165, 1.54) is 10.9 Å². The molecule has 1 aromatic heterocycles. The molecule has 2 N–H and O–H groups in total. The fraction of sp³-hybridized carbons (Fsp3) is 0.526. The van der Waals surface area contributed by atoms with Crippen molar-refractivity contribution in [3.8, 4) is 0 Å². The van der Waals surface area contributed by atoms with Crippen LogP contribution in [0.15, 0.2) is 30.5 Å². The zero-order valence-electron chi connectivity index (χ0n) is 14.4. The Balaban J connectivity index is 1.39. The number of carbonyl (C=O) groups is 1. The van der Waals surface area contributed by atoms with Crippen LogP contribution in [0.5, 0.6) is 0 Å². The highest BCUT2D eigenvalue weighted by Gasteiger charge is 2.22. The van der Waals surface area contributed by atoms with Gasteiger partial charge in [-0.15, -0.1) is 0 Å². The maximum absolute atomic E-state index is 12.1. The maximum atomic E-state index is 12.1. The number of aryl methyl sites for hydroxylation is 1. The van der Waals surface area contributed by atoms with E-state index >= 15 is 0 Å². The van der Waals surface area contributed by atoms with Crippen LogP contribution >= 0.6 is 0 Å². The molecule has 1 aliphatic heterocycles. The normalized spacial score (nSPS) is 18.3. The molecule has 1 fully saturated rings. The number of aromatic nitrogens is 1. The number of para-hydroxylation sites is 1. The van der Waals surface area contributed by atoms with E-state index in [2.05, 4.69) is 27.3 Å². The van der Waals surface area contributed by atoms with Gasteiger partial charge in [0.2, 0.25) is 5.91 Å². The predicted octanol–water partition coefficient (Wildman–Crippen LogP) is 2.18. The molecule has 0 saturated carbocycles. The van der Waals surface area contributed by atoms with E-state index in [1.807, 2.05) is 18.3 Å². The van der Waals surface area contributed by atoms with Crippen LogP contribution in [0.1, 0.15) is 18.4 Å². The Morgan fingerprint density at radius 1 is 1.42 bits per heavy atom. The van der Waals surface area contributed by atoms with Crippen molar-refractivity contribution in [2.45, 2.75) is 19.3 Å². The summed E-state index contributed by atoms with van der Waals surface area (Å²) in [5.41, 5.74) is 2.35. The first kappa shape index (κ1) is 17.0. The average Bonchev–Trinajstić information content (AvgIpc) is 3.23. The van der Waals surface area contributed by atoms with Gasteiger partial charge in [0.15, 0.2) is 0 Å². The molecule has 130 valence electrons. The van der Waals surface area contributed by atoms with Crippen LogP contribution in [0, 0.1) is 5.92 Å². The third kappa shape index (κ3) is 4.36. The molecular weight excluding hydrogens is 302 g/mol. The highest BCUT2D eigenvalue weighted by Crippen LogP contribution is 2.19. The fourth-order valence-corrected chi connectivity index (χ4v) is 3.44. The van der Waals surface area contributed by atoms with E-state index < -0.39 is 0 Å². The van der Waals surface area contributed by atoms with Gasteiger partial charge >= 0.3 is 0 Å². The number of likely N-dealkylation sites (tertiary alicyclic amines) is 1. The SMILES string of the molecule is COCCN1CC[C@@H](CNC(=O)CCc2c[nH]c3ccccc23)C1. The van der Waals surface area contributed by atoms with Crippen molar-refractivity contribution >= 4 is 16.8 Å². The molecule has 2 heterocycles. The lowest BCUT2D eigenvalue weighted by atomic mass is 10.1. The molecule has 0 unspecified atom stereocenters. The number of aromatic amines is 1. The van der Waals surface area contributed by atoms with Crippen LogP contribution in [0.25, 0.3) is 10.9 Å². The lowest BCUT2D eigenvalue weighted by Crippen LogP contribution is -2.31. The molecule has 0 spiro atoms. The number of rotatable bonds is 8. The number of fused-ring (bicyclic) bond motifs is 1. The smallest absolute Gasteiger partial charge is 0.220 e. The third-order valence-corrected chi connectivity index (χ3v) is 4.87. The second kappa shape index (κ2) is 8.31. The molecule has 1 amide bonds. The molecule has 1 aromatic carbocycles. The summed E-state index contributed by atoms with van der Waals surface area (Å²) in [6.07, 6.45) is 4.50. The van der Waals surface area contributed by atoms with Crippen molar-refractivity contribution in [1.29, 1.82) is 0 Å². The highest BCUT2D eigenvalue weighted by atomic mass is 16.5.